The number of halogens is 1. The topological polar surface area (TPSA) is 55.1 Å². The fourth-order valence-corrected chi connectivity index (χ4v) is 1.25. The van der Waals surface area contributed by atoms with E-state index in [1.54, 1.807) is 18.2 Å². The van der Waals surface area contributed by atoms with E-state index in [1.807, 2.05) is 6.92 Å². The first-order valence-corrected chi connectivity index (χ1v) is 4.98. The van der Waals surface area contributed by atoms with Crippen molar-refractivity contribution in [2.45, 2.75) is 19.4 Å². The molecular weight excluding hydrogens is 207 g/mol. The van der Waals surface area contributed by atoms with Crippen LogP contribution in [0.3, 0.4) is 0 Å². The van der Waals surface area contributed by atoms with Gasteiger partial charge in [-0.3, -0.25) is 4.79 Å². The van der Waals surface area contributed by atoms with E-state index in [1.165, 1.54) is 6.07 Å². The van der Waals surface area contributed by atoms with Crippen molar-refractivity contribution in [3.8, 4) is 0 Å². The van der Waals surface area contributed by atoms with Gasteiger partial charge in [0.05, 0.1) is 11.7 Å². The van der Waals surface area contributed by atoms with E-state index < -0.39 is 17.8 Å². The van der Waals surface area contributed by atoms with E-state index in [0.717, 1.165) is 5.56 Å². The molecule has 4 heteroatoms. The zero-order chi connectivity index (χ0) is 12.1. The number of rotatable bonds is 4. The number of hydrogen-bond donors (Lipinski definition) is 2. The summed E-state index contributed by atoms with van der Waals surface area (Å²) in [5.74, 6) is -0.880. The Labute approximate surface area is 94.1 Å². The first kappa shape index (κ1) is 12.4. The molecule has 0 bridgehead atoms. The molecule has 16 heavy (non-hydrogen) atoms. The van der Waals surface area contributed by atoms with E-state index in [0.29, 0.717) is 6.42 Å². The summed E-state index contributed by atoms with van der Waals surface area (Å²) in [7, 11) is 0. The molecule has 0 saturated carbocycles. The molecule has 0 aromatic heterocycles. The average molecular weight is 222 g/mol. The number of hydrogen-bond acceptors (Lipinski definition) is 2. The van der Waals surface area contributed by atoms with Gasteiger partial charge in [-0.2, -0.15) is 0 Å². The molecule has 1 rings (SSSR count). The zero-order valence-corrected chi connectivity index (χ0v) is 9.16. The Kier molecular flexibility index (Phi) is 4.19. The number of benzene rings is 1. The molecule has 0 saturated heterocycles. The van der Waals surface area contributed by atoms with Crippen molar-refractivity contribution in [3.63, 3.8) is 0 Å². The molecule has 1 amide bonds. The summed E-state index contributed by atoms with van der Waals surface area (Å²) in [4.78, 5) is 11.5. The number of aryl methyl sites for hydroxylation is 1. The molecule has 86 valence electrons. The van der Waals surface area contributed by atoms with Gasteiger partial charge in [-0.1, -0.05) is 12.1 Å². The molecule has 3 N–H and O–H groups in total. The Morgan fingerprint density at radius 2 is 2.38 bits per heavy atom. The average Bonchev–Trinajstić information content (AvgIpc) is 2.23. The molecule has 0 fully saturated rings. The molecular formula is C12H15FN2O. The zero-order valence-electron chi connectivity index (χ0n) is 9.16. The second-order valence-electron chi connectivity index (χ2n) is 3.60. The molecule has 0 aliphatic rings. The monoisotopic (exact) mass is 222 g/mol. The predicted molar refractivity (Wildman–Crippen MR) is 62.6 cm³/mol. The van der Waals surface area contributed by atoms with Crippen LogP contribution < -0.4 is 11.1 Å². The molecule has 1 atom stereocenters. The molecule has 0 aliphatic heterocycles. The van der Waals surface area contributed by atoms with Crippen LogP contribution in [-0.2, 0) is 4.79 Å². The molecule has 0 heterocycles. The largest absolute Gasteiger partial charge is 0.322 e. The maximum absolute atomic E-state index is 13.3. The fourth-order valence-electron chi connectivity index (χ4n) is 1.25. The minimum Gasteiger partial charge on any atom is -0.322 e. The summed E-state index contributed by atoms with van der Waals surface area (Å²) >= 11 is 0. The van der Waals surface area contributed by atoms with Gasteiger partial charge in [0.1, 0.15) is 5.82 Å². The minimum atomic E-state index is -0.697. The Morgan fingerprint density at radius 3 is 3.00 bits per heavy atom. The number of nitrogens with one attached hydrogen (secondary N) is 1. The van der Waals surface area contributed by atoms with Gasteiger partial charge >= 0.3 is 0 Å². The maximum atomic E-state index is 13.3. The molecule has 3 nitrogen and oxygen atoms in total. The summed E-state index contributed by atoms with van der Waals surface area (Å²) in [6.45, 7) is 5.31. The van der Waals surface area contributed by atoms with Crippen molar-refractivity contribution in [3.05, 3.63) is 42.2 Å². The van der Waals surface area contributed by atoms with E-state index in [4.69, 9.17) is 5.73 Å². The third-order valence-corrected chi connectivity index (χ3v) is 2.14. The Morgan fingerprint density at radius 1 is 1.69 bits per heavy atom. The lowest BCUT2D eigenvalue weighted by Gasteiger charge is -2.11. The fraction of sp³-hybridized carbons (Fsp3) is 0.250. The van der Waals surface area contributed by atoms with Gasteiger partial charge in [0.2, 0.25) is 5.91 Å². The highest BCUT2D eigenvalue weighted by Gasteiger charge is 2.13. The minimum absolute atomic E-state index is 0.157. The normalized spacial score (nSPS) is 11.9. The first-order valence-electron chi connectivity index (χ1n) is 4.98. The van der Waals surface area contributed by atoms with Crippen LogP contribution in [0.2, 0.25) is 0 Å². The summed E-state index contributed by atoms with van der Waals surface area (Å²) in [5.41, 5.74) is 6.58. The summed E-state index contributed by atoms with van der Waals surface area (Å²) in [5, 5.41) is 2.45. The molecule has 0 radical (unpaired) electrons. The first-order chi connectivity index (χ1) is 7.54. The van der Waals surface area contributed by atoms with Crippen molar-refractivity contribution >= 4 is 11.6 Å². The summed E-state index contributed by atoms with van der Waals surface area (Å²) in [6.07, 6.45) is 1.91. The smallest absolute Gasteiger partial charge is 0.241 e. The van der Waals surface area contributed by atoms with Crippen LogP contribution in [0.4, 0.5) is 10.1 Å². The van der Waals surface area contributed by atoms with Gasteiger partial charge in [-0.25, -0.2) is 4.39 Å². The van der Waals surface area contributed by atoms with Crippen LogP contribution in [0.5, 0.6) is 0 Å². The van der Waals surface area contributed by atoms with Gasteiger partial charge in [-0.05, 0) is 31.0 Å². The Balaban J connectivity index is 2.76. The van der Waals surface area contributed by atoms with E-state index in [-0.39, 0.29) is 5.69 Å². The highest BCUT2D eigenvalue weighted by Crippen LogP contribution is 2.15. The quantitative estimate of drug-likeness (QED) is 0.765. The van der Waals surface area contributed by atoms with Crippen LogP contribution in [0.25, 0.3) is 0 Å². The van der Waals surface area contributed by atoms with Gasteiger partial charge in [-0.15, -0.1) is 6.58 Å². The predicted octanol–water partition coefficient (Wildman–Crippen LogP) is 1.98. The third-order valence-electron chi connectivity index (χ3n) is 2.14. The van der Waals surface area contributed by atoms with Crippen molar-refractivity contribution in [1.82, 2.24) is 0 Å². The van der Waals surface area contributed by atoms with Crippen LogP contribution >= 0.6 is 0 Å². The van der Waals surface area contributed by atoms with Crippen molar-refractivity contribution in [1.29, 1.82) is 0 Å². The van der Waals surface area contributed by atoms with E-state index in [2.05, 4.69) is 11.9 Å². The lowest BCUT2D eigenvalue weighted by atomic mass is 10.2. The highest BCUT2D eigenvalue weighted by molar-refractivity contribution is 5.94. The molecule has 0 spiro atoms. The van der Waals surface area contributed by atoms with Gasteiger partial charge in [0.15, 0.2) is 0 Å². The van der Waals surface area contributed by atoms with Crippen molar-refractivity contribution in [2.75, 3.05) is 5.32 Å². The van der Waals surface area contributed by atoms with Crippen LogP contribution in [-0.4, -0.2) is 11.9 Å². The standard InChI is InChI=1S/C12H15FN2O/c1-3-4-10(14)12(16)15-11-7-8(2)5-6-9(11)13/h3,5-7,10H,1,4,14H2,2H3,(H,15,16). The van der Waals surface area contributed by atoms with Crippen molar-refractivity contribution in [2.24, 2.45) is 5.73 Å². The lowest BCUT2D eigenvalue weighted by Crippen LogP contribution is -2.35. The summed E-state index contributed by atoms with van der Waals surface area (Å²) < 4.78 is 13.3. The van der Waals surface area contributed by atoms with Crippen LogP contribution in [0.1, 0.15) is 12.0 Å². The number of anilines is 1. The van der Waals surface area contributed by atoms with Crippen LogP contribution in [0, 0.1) is 12.7 Å². The highest BCUT2D eigenvalue weighted by atomic mass is 19.1. The molecule has 0 aliphatic carbocycles. The molecule has 1 unspecified atom stereocenters. The molecule has 1 aromatic carbocycles. The second-order valence-corrected chi connectivity index (χ2v) is 3.60. The summed E-state index contributed by atoms with van der Waals surface area (Å²) in [6, 6.07) is 3.81. The second kappa shape index (κ2) is 5.42. The van der Waals surface area contributed by atoms with Crippen LogP contribution in [0.15, 0.2) is 30.9 Å². The number of amides is 1. The van der Waals surface area contributed by atoms with Gasteiger partial charge in [0, 0.05) is 0 Å². The van der Waals surface area contributed by atoms with E-state index >= 15 is 0 Å². The Bertz CT molecular complexity index is 404. The van der Waals surface area contributed by atoms with E-state index in [9.17, 15) is 9.18 Å². The Hall–Kier alpha value is -1.68. The SMILES string of the molecule is C=CCC(N)C(=O)Nc1cc(C)ccc1F. The number of carbonyl (C=O) groups is 1. The van der Waals surface area contributed by atoms with Crippen molar-refractivity contribution < 1.29 is 9.18 Å². The number of carbonyl (C=O) groups excluding carboxylic acids is 1. The molecule has 1 aromatic rings. The van der Waals surface area contributed by atoms with Gasteiger partial charge < -0.3 is 11.1 Å². The third kappa shape index (κ3) is 3.17. The lowest BCUT2D eigenvalue weighted by molar-refractivity contribution is -0.117. The number of nitrogens with two attached hydrogens (primary N) is 1. The maximum Gasteiger partial charge on any atom is 0.241 e. The van der Waals surface area contributed by atoms with Gasteiger partial charge in [0.25, 0.3) is 0 Å².